The maximum Gasteiger partial charge on any atom is 0.237 e. The average molecular weight is 333 g/mol. The molecule has 3 heterocycles. The summed E-state index contributed by atoms with van der Waals surface area (Å²) < 4.78 is 0. The monoisotopic (exact) mass is 333 g/mol. The van der Waals surface area contributed by atoms with Gasteiger partial charge in [-0.15, -0.1) is 22.7 Å². The molecule has 0 N–H and O–H groups in total. The number of imide groups is 1. The quantitative estimate of drug-likeness (QED) is 0.782. The third-order valence-electron chi connectivity index (χ3n) is 4.36. The molecule has 2 aromatic rings. The molecule has 5 heteroatoms. The Morgan fingerprint density at radius 3 is 1.45 bits per heavy atom. The molecule has 22 heavy (non-hydrogen) atoms. The highest BCUT2D eigenvalue weighted by atomic mass is 32.1. The van der Waals surface area contributed by atoms with Crippen molar-refractivity contribution in [2.75, 3.05) is 7.05 Å². The van der Waals surface area contributed by atoms with Gasteiger partial charge in [0.2, 0.25) is 11.8 Å². The van der Waals surface area contributed by atoms with Gasteiger partial charge in [0.25, 0.3) is 0 Å². The topological polar surface area (TPSA) is 37.4 Å². The van der Waals surface area contributed by atoms with Gasteiger partial charge in [0.1, 0.15) is 0 Å². The molecule has 3 rings (SSSR count). The van der Waals surface area contributed by atoms with Crippen molar-refractivity contribution < 1.29 is 9.59 Å². The molecule has 0 aliphatic carbocycles. The lowest BCUT2D eigenvalue weighted by Crippen LogP contribution is -2.25. The Kier molecular flexibility index (Phi) is 3.73. The standard InChI is InChI=1S/C17H19NO2S2/c1-8-6-12(10(3)21-8)14-15(17(20)18(5)16(14)19)13-7-9(2)22-11(13)4/h6-7,14-15H,1-5H3. The first-order valence-electron chi connectivity index (χ1n) is 7.26. The largest absolute Gasteiger partial charge is 0.285 e. The summed E-state index contributed by atoms with van der Waals surface area (Å²) in [7, 11) is 1.60. The molecule has 2 amide bonds. The van der Waals surface area contributed by atoms with Crippen LogP contribution in [0.4, 0.5) is 0 Å². The Morgan fingerprint density at radius 2 is 1.18 bits per heavy atom. The van der Waals surface area contributed by atoms with Crippen molar-refractivity contribution in [1.82, 2.24) is 4.90 Å². The number of rotatable bonds is 2. The number of nitrogens with zero attached hydrogens (tertiary/aromatic N) is 1. The van der Waals surface area contributed by atoms with Gasteiger partial charge in [-0.25, -0.2) is 0 Å². The fraction of sp³-hybridized carbons (Fsp3) is 0.412. The summed E-state index contributed by atoms with van der Waals surface area (Å²) in [6, 6.07) is 4.13. The van der Waals surface area contributed by atoms with Crippen LogP contribution in [0, 0.1) is 27.7 Å². The molecule has 2 atom stereocenters. The van der Waals surface area contributed by atoms with Crippen molar-refractivity contribution in [3.63, 3.8) is 0 Å². The normalized spacial score (nSPS) is 22.0. The maximum absolute atomic E-state index is 12.7. The number of aryl methyl sites for hydroxylation is 4. The summed E-state index contributed by atoms with van der Waals surface area (Å²) in [6.07, 6.45) is 0. The van der Waals surface area contributed by atoms with Crippen LogP contribution < -0.4 is 0 Å². The molecule has 1 aliphatic rings. The smallest absolute Gasteiger partial charge is 0.237 e. The van der Waals surface area contributed by atoms with Gasteiger partial charge in [-0.05, 0) is 51.0 Å². The number of likely N-dealkylation sites (N-methyl/N-ethyl adjacent to an activating group) is 1. The van der Waals surface area contributed by atoms with E-state index in [9.17, 15) is 9.59 Å². The molecular formula is C17H19NO2S2. The molecule has 0 bridgehead atoms. The van der Waals surface area contributed by atoms with Crippen LogP contribution in [0.3, 0.4) is 0 Å². The highest BCUT2D eigenvalue weighted by Gasteiger charge is 2.48. The second-order valence-electron chi connectivity index (χ2n) is 5.93. The Labute approximate surface area is 138 Å². The van der Waals surface area contributed by atoms with Crippen molar-refractivity contribution in [3.05, 3.63) is 42.8 Å². The first-order chi connectivity index (χ1) is 10.3. The minimum Gasteiger partial charge on any atom is -0.285 e. The van der Waals surface area contributed by atoms with Gasteiger partial charge in [-0.3, -0.25) is 14.5 Å². The van der Waals surface area contributed by atoms with Gasteiger partial charge in [-0.2, -0.15) is 0 Å². The molecule has 2 aromatic heterocycles. The Hall–Kier alpha value is -1.46. The fourth-order valence-corrected chi connectivity index (χ4v) is 5.30. The number of hydrogen-bond acceptors (Lipinski definition) is 4. The van der Waals surface area contributed by atoms with Gasteiger partial charge in [0.05, 0.1) is 11.8 Å². The Balaban J connectivity index is 2.17. The molecule has 0 saturated carbocycles. The van der Waals surface area contributed by atoms with Crippen LogP contribution in [0.15, 0.2) is 12.1 Å². The summed E-state index contributed by atoms with van der Waals surface area (Å²) in [6.45, 7) is 8.15. The van der Waals surface area contributed by atoms with Crippen molar-refractivity contribution >= 4 is 34.5 Å². The van der Waals surface area contributed by atoms with Gasteiger partial charge in [0.15, 0.2) is 0 Å². The summed E-state index contributed by atoms with van der Waals surface area (Å²) in [5, 5.41) is 0. The molecule has 1 fully saturated rings. The Morgan fingerprint density at radius 1 is 0.818 bits per heavy atom. The summed E-state index contributed by atoms with van der Waals surface area (Å²) in [4.78, 5) is 31.3. The zero-order valence-electron chi connectivity index (χ0n) is 13.4. The zero-order chi connectivity index (χ0) is 16.2. The van der Waals surface area contributed by atoms with Crippen LogP contribution in [0.5, 0.6) is 0 Å². The van der Waals surface area contributed by atoms with Gasteiger partial charge >= 0.3 is 0 Å². The first-order valence-corrected chi connectivity index (χ1v) is 8.89. The molecule has 0 spiro atoms. The van der Waals surface area contributed by atoms with E-state index in [-0.39, 0.29) is 23.7 Å². The lowest BCUT2D eigenvalue weighted by molar-refractivity contribution is -0.137. The van der Waals surface area contributed by atoms with E-state index in [1.807, 2.05) is 27.7 Å². The minimum absolute atomic E-state index is 0.0841. The van der Waals surface area contributed by atoms with E-state index >= 15 is 0 Å². The number of hydrogen-bond donors (Lipinski definition) is 0. The second-order valence-corrected chi connectivity index (χ2v) is 8.85. The van der Waals surface area contributed by atoms with E-state index in [1.165, 1.54) is 14.7 Å². The number of carbonyl (C=O) groups excluding carboxylic acids is 2. The van der Waals surface area contributed by atoms with Crippen molar-refractivity contribution in [1.29, 1.82) is 0 Å². The van der Waals surface area contributed by atoms with E-state index in [0.717, 1.165) is 20.9 Å². The lowest BCUT2D eigenvalue weighted by Gasteiger charge is -2.15. The van der Waals surface area contributed by atoms with Gasteiger partial charge in [0, 0.05) is 26.6 Å². The van der Waals surface area contributed by atoms with Crippen LogP contribution >= 0.6 is 22.7 Å². The van der Waals surface area contributed by atoms with E-state index < -0.39 is 0 Å². The highest BCUT2D eigenvalue weighted by molar-refractivity contribution is 7.12. The van der Waals surface area contributed by atoms with Crippen molar-refractivity contribution in [2.45, 2.75) is 39.5 Å². The Bertz CT molecular complexity index is 707. The van der Waals surface area contributed by atoms with E-state index in [1.54, 1.807) is 29.7 Å². The summed E-state index contributed by atoms with van der Waals surface area (Å²) in [5.41, 5.74) is 2.02. The van der Waals surface area contributed by atoms with Crippen molar-refractivity contribution in [2.24, 2.45) is 0 Å². The summed E-state index contributed by atoms with van der Waals surface area (Å²) >= 11 is 3.38. The molecular weight excluding hydrogens is 314 g/mol. The third-order valence-corrected chi connectivity index (χ3v) is 6.32. The highest BCUT2D eigenvalue weighted by Crippen LogP contribution is 2.46. The number of thiophene rings is 2. The minimum atomic E-state index is -0.379. The zero-order valence-corrected chi connectivity index (χ0v) is 15.0. The molecule has 1 aliphatic heterocycles. The van der Waals surface area contributed by atoms with E-state index in [2.05, 4.69) is 12.1 Å². The van der Waals surface area contributed by atoms with Crippen molar-refractivity contribution in [3.8, 4) is 0 Å². The first kappa shape index (κ1) is 15.4. The molecule has 0 radical (unpaired) electrons. The molecule has 2 unspecified atom stereocenters. The predicted octanol–water partition coefficient (Wildman–Crippen LogP) is 3.91. The van der Waals surface area contributed by atoms with E-state index in [4.69, 9.17) is 0 Å². The molecule has 3 nitrogen and oxygen atoms in total. The molecule has 1 saturated heterocycles. The van der Waals surface area contributed by atoms with Crippen LogP contribution in [0.2, 0.25) is 0 Å². The third kappa shape index (κ3) is 2.23. The van der Waals surface area contributed by atoms with Crippen LogP contribution in [0.25, 0.3) is 0 Å². The number of carbonyl (C=O) groups is 2. The maximum atomic E-state index is 12.7. The summed E-state index contributed by atoms with van der Waals surface area (Å²) in [5.74, 6) is -0.927. The predicted molar refractivity (Wildman–Crippen MR) is 90.8 cm³/mol. The average Bonchev–Trinajstić information content (AvgIpc) is 3.01. The molecule has 0 aromatic carbocycles. The lowest BCUT2D eigenvalue weighted by atomic mass is 9.83. The number of amides is 2. The van der Waals surface area contributed by atoms with Gasteiger partial charge in [-0.1, -0.05) is 0 Å². The fourth-order valence-electron chi connectivity index (χ4n) is 3.35. The van der Waals surface area contributed by atoms with E-state index in [0.29, 0.717) is 0 Å². The molecule has 116 valence electrons. The second kappa shape index (κ2) is 5.32. The SMILES string of the molecule is Cc1cc(C2C(=O)N(C)C(=O)C2c2cc(C)sc2C)c(C)s1. The van der Waals surface area contributed by atoms with Crippen LogP contribution in [0.1, 0.15) is 42.5 Å². The van der Waals surface area contributed by atoms with Crippen LogP contribution in [-0.4, -0.2) is 23.8 Å². The van der Waals surface area contributed by atoms with Crippen LogP contribution in [-0.2, 0) is 9.59 Å². The number of likely N-dealkylation sites (tertiary alicyclic amines) is 1. The van der Waals surface area contributed by atoms with Gasteiger partial charge < -0.3 is 0 Å².